The normalized spacial score (nSPS) is 12.2. The van der Waals surface area contributed by atoms with Gasteiger partial charge in [-0.15, -0.1) is 0 Å². The first kappa shape index (κ1) is 13.9. The Morgan fingerprint density at radius 2 is 2.00 bits per heavy atom. The zero-order valence-electron chi connectivity index (χ0n) is 10.9. The Morgan fingerprint density at radius 3 is 2.53 bits per heavy atom. The fourth-order valence-corrected chi connectivity index (χ4v) is 2.33. The van der Waals surface area contributed by atoms with E-state index in [0.717, 1.165) is 12.0 Å². The van der Waals surface area contributed by atoms with Gasteiger partial charge in [0.05, 0.1) is 17.9 Å². The number of furan rings is 1. The molecule has 4 heteroatoms. The van der Waals surface area contributed by atoms with Crippen LogP contribution in [0.25, 0.3) is 0 Å². The Kier molecular flexibility index (Phi) is 4.43. The number of carbonyl (C=O) groups excluding carboxylic acids is 1. The van der Waals surface area contributed by atoms with E-state index in [9.17, 15) is 4.79 Å². The van der Waals surface area contributed by atoms with Gasteiger partial charge in [-0.05, 0) is 40.9 Å². The van der Waals surface area contributed by atoms with E-state index in [1.165, 1.54) is 11.8 Å². The van der Waals surface area contributed by atoms with Gasteiger partial charge in [0, 0.05) is 0 Å². The zero-order chi connectivity index (χ0) is 13.8. The minimum Gasteiger partial charge on any atom is -0.457 e. The van der Waals surface area contributed by atoms with Gasteiger partial charge in [-0.2, -0.15) is 0 Å². The zero-order valence-corrected chi connectivity index (χ0v) is 12.5. The predicted octanol–water partition coefficient (Wildman–Crippen LogP) is 4.23. The van der Waals surface area contributed by atoms with Crippen molar-refractivity contribution in [2.75, 3.05) is 0 Å². The van der Waals surface area contributed by atoms with Crippen LogP contribution in [0.3, 0.4) is 0 Å². The summed E-state index contributed by atoms with van der Waals surface area (Å²) in [5.74, 6) is -0.131. The van der Waals surface area contributed by atoms with Crippen molar-refractivity contribution in [3.8, 4) is 0 Å². The van der Waals surface area contributed by atoms with Crippen LogP contribution in [0.1, 0.15) is 40.9 Å². The number of halogens is 1. The van der Waals surface area contributed by atoms with Gasteiger partial charge in [-0.3, -0.25) is 4.79 Å². The second-order valence-electron chi connectivity index (χ2n) is 4.45. The molecule has 0 aliphatic heterocycles. The molecule has 1 amide bonds. The number of carbonyl (C=O) groups is 1. The molecule has 1 atom stereocenters. The quantitative estimate of drug-likeness (QED) is 0.915. The van der Waals surface area contributed by atoms with Gasteiger partial charge in [0.2, 0.25) is 0 Å². The molecule has 0 spiro atoms. The highest BCUT2D eigenvalue weighted by molar-refractivity contribution is 9.10. The minimum absolute atomic E-state index is 0.00917. The van der Waals surface area contributed by atoms with Crippen LogP contribution in [-0.4, -0.2) is 5.91 Å². The molecule has 3 nitrogen and oxygen atoms in total. The maximum atomic E-state index is 12.1. The summed E-state index contributed by atoms with van der Waals surface area (Å²) >= 11 is 3.22. The number of amides is 1. The van der Waals surface area contributed by atoms with Crippen molar-refractivity contribution >= 4 is 21.8 Å². The van der Waals surface area contributed by atoms with E-state index < -0.39 is 0 Å². The third-order valence-electron chi connectivity index (χ3n) is 3.06. The van der Waals surface area contributed by atoms with Crippen molar-refractivity contribution in [3.05, 3.63) is 58.0 Å². The molecule has 0 aliphatic rings. The molecular formula is C15H16BrNO2. The molecule has 0 fully saturated rings. The SMILES string of the molecule is CCC(NC(=O)c1ccoc1Br)c1ccc(C)cc1. The molecule has 1 aromatic carbocycles. The van der Waals surface area contributed by atoms with Gasteiger partial charge in [-0.25, -0.2) is 0 Å². The Bertz CT molecular complexity index is 560. The first-order valence-corrected chi connectivity index (χ1v) is 7.01. The Labute approximate surface area is 121 Å². The van der Waals surface area contributed by atoms with Crippen LogP contribution in [0, 0.1) is 6.92 Å². The molecule has 2 aromatic rings. The van der Waals surface area contributed by atoms with Crippen LogP contribution < -0.4 is 5.32 Å². The molecule has 2 rings (SSSR count). The highest BCUT2D eigenvalue weighted by Crippen LogP contribution is 2.21. The minimum atomic E-state index is -0.131. The Hall–Kier alpha value is -1.55. The third kappa shape index (κ3) is 3.26. The first-order valence-electron chi connectivity index (χ1n) is 6.22. The van der Waals surface area contributed by atoms with E-state index in [4.69, 9.17) is 4.42 Å². The van der Waals surface area contributed by atoms with Crippen LogP contribution in [0.15, 0.2) is 45.7 Å². The van der Waals surface area contributed by atoms with Crippen molar-refractivity contribution in [1.29, 1.82) is 0 Å². The second-order valence-corrected chi connectivity index (χ2v) is 5.17. The van der Waals surface area contributed by atoms with Crippen LogP contribution in [0.5, 0.6) is 0 Å². The van der Waals surface area contributed by atoms with E-state index in [0.29, 0.717) is 10.2 Å². The second kappa shape index (κ2) is 6.06. The number of aryl methyl sites for hydroxylation is 1. The molecule has 100 valence electrons. The van der Waals surface area contributed by atoms with Gasteiger partial charge < -0.3 is 9.73 Å². The van der Waals surface area contributed by atoms with Gasteiger partial charge in [0.25, 0.3) is 5.91 Å². The van der Waals surface area contributed by atoms with E-state index in [1.807, 2.05) is 19.1 Å². The summed E-state index contributed by atoms with van der Waals surface area (Å²) in [6.45, 7) is 4.10. The summed E-state index contributed by atoms with van der Waals surface area (Å²) in [4.78, 5) is 12.1. The van der Waals surface area contributed by atoms with Gasteiger partial charge >= 0.3 is 0 Å². The predicted molar refractivity (Wildman–Crippen MR) is 78.1 cm³/mol. The standard InChI is InChI=1S/C15H16BrNO2/c1-3-13(11-6-4-10(2)5-7-11)17-15(18)12-8-9-19-14(12)16/h4-9,13H,3H2,1-2H3,(H,17,18). The fraction of sp³-hybridized carbons (Fsp3) is 0.267. The van der Waals surface area contributed by atoms with Crippen molar-refractivity contribution < 1.29 is 9.21 Å². The maximum absolute atomic E-state index is 12.1. The molecule has 1 N–H and O–H groups in total. The van der Waals surface area contributed by atoms with Crippen molar-refractivity contribution in [2.45, 2.75) is 26.3 Å². The molecule has 0 radical (unpaired) electrons. The van der Waals surface area contributed by atoms with Crippen molar-refractivity contribution in [3.63, 3.8) is 0 Å². The highest BCUT2D eigenvalue weighted by Gasteiger charge is 2.17. The molecule has 1 aromatic heterocycles. The molecule has 1 unspecified atom stereocenters. The topological polar surface area (TPSA) is 42.2 Å². The first-order chi connectivity index (χ1) is 9.11. The molecule has 0 saturated heterocycles. The van der Waals surface area contributed by atoms with Crippen molar-refractivity contribution in [2.24, 2.45) is 0 Å². The van der Waals surface area contributed by atoms with Crippen LogP contribution in [-0.2, 0) is 0 Å². The number of benzene rings is 1. The Balaban J connectivity index is 2.13. The number of hydrogen-bond acceptors (Lipinski definition) is 2. The van der Waals surface area contributed by atoms with Crippen LogP contribution >= 0.6 is 15.9 Å². The lowest BCUT2D eigenvalue weighted by Crippen LogP contribution is -2.28. The molecule has 0 bridgehead atoms. The van der Waals surface area contributed by atoms with Gasteiger partial charge in [0.1, 0.15) is 0 Å². The Morgan fingerprint density at radius 1 is 1.32 bits per heavy atom. The third-order valence-corrected chi connectivity index (χ3v) is 3.67. The van der Waals surface area contributed by atoms with E-state index >= 15 is 0 Å². The maximum Gasteiger partial charge on any atom is 0.256 e. The highest BCUT2D eigenvalue weighted by atomic mass is 79.9. The molecule has 0 aliphatic carbocycles. The monoisotopic (exact) mass is 321 g/mol. The molecule has 1 heterocycles. The summed E-state index contributed by atoms with van der Waals surface area (Å²) in [7, 11) is 0. The lowest BCUT2D eigenvalue weighted by molar-refractivity contribution is 0.0934. The molecular weight excluding hydrogens is 306 g/mol. The number of nitrogens with one attached hydrogen (secondary N) is 1. The number of rotatable bonds is 4. The van der Waals surface area contributed by atoms with E-state index in [2.05, 4.69) is 40.3 Å². The van der Waals surface area contributed by atoms with E-state index in [-0.39, 0.29) is 11.9 Å². The molecule has 0 saturated carbocycles. The summed E-state index contributed by atoms with van der Waals surface area (Å²) in [6.07, 6.45) is 2.33. The fourth-order valence-electron chi connectivity index (χ4n) is 1.91. The van der Waals surface area contributed by atoms with Crippen molar-refractivity contribution in [1.82, 2.24) is 5.32 Å². The molecule has 19 heavy (non-hydrogen) atoms. The summed E-state index contributed by atoms with van der Waals surface area (Å²) in [5, 5.41) is 3.02. The summed E-state index contributed by atoms with van der Waals surface area (Å²) in [5.41, 5.74) is 2.84. The average molecular weight is 322 g/mol. The largest absolute Gasteiger partial charge is 0.457 e. The van der Waals surface area contributed by atoms with E-state index in [1.54, 1.807) is 6.07 Å². The lowest BCUT2D eigenvalue weighted by Gasteiger charge is -2.17. The summed E-state index contributed by atoms with van der Waals surface area (Å²) < 4.78 is 5.54. The van der Waals surface area contributed by atoms with Crippen LogP contribution in [0.2, 0.25) is 0 Å². The van der Waals surface area contributed by atoms with Crippen LogP contribution in [0.4, 0.5) is 0 Å². The smallest absolute Gasteiger partial charge is 0.256 e. The lowest BCUT2D eigenvalue weighted by atomic mass is 10.0. The number of hydrogen-bond donors (Lipinski definition) is 1. The van der Waals surface area contributed by atoms with Gasteiger partial charge in [0.15, 0.2) is 4.67 Å². The summed E-state index contributed by atoms with van der Waals surface area (Å²) in [6, 6.07) is 9.87. The average Bonchev–Trinajstić information content (AvgIpc) is 2.83. The van der Waals surface area contributed by atoms with Gasteiger partial charge in [-0.1, -0.05) is 36.8 Å².